The summed E-state index contributed by atoms with van der Waals surface area (Å²) in [6, 6.07) is -1.14. The molecule has 1 heterocycles. The average molecular weight is 289 g/mol. The van der Waals surface area contributed by atoms with Crippen molar-refractivity contribution in [2.24, 2.45) is 5.92 Å². The molecule has 1 rings (SSSR count). The smallest absolute Gasteiger partial charge is 0.321 e. The molecule has 108 valence electrons. The van der Waals surface area contributed by atoms with Crippen molar-refractivity contribution in [1.29, 1.82) is 0 Å². The molecule has 0 aliphatic heterocycles. The summed E-state index contributed by atoms with van der Waals surface area (Å²) in [5.74, 6) is -1.12. The van der Waals surface area contributed by atoms with Crippen molar-refractivity contribution in [2.45, 2.75) is 45.1 Å². The Kier molecular flexibility index (Phi) is 4.70. The highest BCUT2D eigenvalue weighted by molar-refractivity contribution is 7.89. The summed E-state index contributed by atoms with van der Waals surface area (Å²) in [5, 5.41) is 15.4. The van der Waals surface area contributed by atoms with E-state index in [0.29, 0.717) is 11.4 Å². The number of nitrogens with zero attached hydrogens (tertiary/aromatic N) is 1. The molecule has 0 aliphatic rings. The maximum Gasteiger partial charge on any atom is 0.321 e. The lowest BCUT2D eigenvalue weighted by Gasteiger charge is -2.16. The second-order valence-electron chi connectivity index (χ2n) is 4.90. The number of rotatable bonds is 6. The van der Waals surface area contributed by atoms with E-state index >= 15 is 0 Å². The van der Waals surface area contributed by atoms with E-state index < -0.39 is 22.0 Å². The van der Waals surface area contributed by atoms with Gasteiger partial charge in [-0.3, -0.25) is 9.89 Å². The number of hydrogen-bond donors (Lipinski definition) is 3. The minimum absolute atomic E-state index is 0.0162. The molecule has 0 aliphatic carbocycles. The van der Waals surface area contributed by atoms with Gasteiger partial charge in [0.15, 0.2) is 0 Å². The molecule has 0 amide bonds. The zero-order chi connectivity index (χ0) is 14.8. The van der Waals surface area contributed by atoms with Crippen LogP contribution in [0, 0.1) is 19.8 Å². The van der Waals surface area contributed by atoms with Gasteiger partial charge in [0.1, 0.15) is 10.9 Å². The summed E-state index contributed by atoms with van der Waals surface area (Å²) in [6.45, 7) is 6.79. The molecule has 7 nitrogen and oxygen atoms in total. The zero-order valence-corrected chi connectivity index (χ0v) is 12.2. The first-order chi connectivity index (χ1) is 8.65. The van der Waals surface area contributed by atoms with Crippen molar-refractivity contribution in [2.75, 3.05) is 0 Å². The van der Waals surface area contributed by atoms with E-state index in [9.17, 15) is 13.2 Å². The Hall–Kier alpha value is -1.41. The van der Waals surface area contributed by atoms with E-state index in [2.05, 4.69) is 14.9 Å². The van der Waals surface area contributed by atoms with Gasteiger partial charge in [-0.05, 0) is 26.2 Å². The monoisotopic (exact) mass is 289 g/mol. The fourth-order valence-electron chi connectivity index (χ4n) is 1.85. The maximum absolute atomic E-state index is 12.2. The summed E-state index contributed by atoms with van der Waals surface area (Å²) in [4.78, 5) is 11.1. The Morgan fingerprint density at radius 1 is 1.42 bits per heavy atom. The number of H-pyrrole nitrogens is 1. The Morgan fingerprint density at radius 3 is 2.37 bits per heavy atom. The second-order valence-corrected chi connectivity index (χ2v) is 6.56. The molecule has 0 bridgehead atoms. The van der Waals surface area contributed by atoms with Crippen LogP contribution in [0.1, 0.15) is 31.7 Å². The number of carbonyl (C=O) groups is 1. The van der Waals surface area contributed by atoms with Gasteiger partial charge in [0.25, 0.3) is 0 Å². The molecular weight excluding hydrogens is 270 g/mol. The van der Waals surface area contributed by atoms with Crippen molar-refractivity contribution in [1.82, 2.24) is 14.9 Å². The summed E-state index contributed by atoms with van der Waals surface area (Å²) < 4.78 is 26.6. The van der Waals surface area contributed by atoms with Crippen molar-refractivity contribution in [3.8, 4) is 0 Å². The van der Waals surface area contributed by atoms with Crippen LogP contribution < -0.4 is 4.72 Å². The number of carboxylic acid groups (broad SMARTS) is 1. The first kappa shape index (κ1) is 15.6. The van der Waals surface area contributed by atoms with Gasteiger partial charge in [-0.1, -0.05) is 13.8 Å². The molecule has 0 fully saturated rings. The Labute approximate surface area is 112 Å². The highest BCUT2D eigenvalue weighted by Gasteiger charge is 2.29. The third-order valence-electron chi connectivity index (χ3n) is 2.63. The van der Waals surface area contributed by atoms with Gasteiger partial charge in [0.05, 0.1) is 11.4 Å². The maximum atomic E-state index is 12.2. The molecule has 0 aromatic carbocycles. The van der Waals surface area contributed by atoms with Gasteiger partial charge in [-0.2, -0.15) is 9.82 Å². The van der Waals surface area contributed by atoms with E-state index in [1.165, 1.54) is 0 Å². The summed E-state index contributed by atoms with van der Waals surface area (Å²) in [5.41, 5.74) is 0.706. The SMILES string of the molecule is Cc1n[nH]c(C)c1S(=O)(=O)NC(CC(C)C)C(=O)O. The van der Waals surface area contributed by atoms with Gasteiger partial charge < -0.3 is 5.11 Å². The molecule has 0 spiro atoms. The number of nitrogens with one attached hydrogen (secondary N) is 2. The number of aliphatic carboxylic acids is 1. The molecule has 0 radical (unpaired) electrons. The van der Waals surface area contributed by atoms with Crippen LogP contribution in [-0.4, -0.2) is 35.7 Å². The lowest BCUT2D eigenvalue weighted by atomic mass is 10.1. The summed E-state index contributed by atoms with van der Waals surface area (Å²) in [6.07, 6.45) is 0.227. The van der Waals surface area contributed by atoms with Crippen molar-refractivity contribution in [3.05, 3.63) is 11.4 Å². The predicted octanol–water partition coefficient (Wildman–Crippen LogP) is 0.804. The number of aromatic amines is 1. The standard InChI is InChI=1S/C11H19N3O4S/c1-6(2)5-9(11(15)16)14-19(17,18)10-7(3)12-13-8(10)4/h6,9,14H,5H2,1-4H3,(H,12,13)(H,15,16). The van der Waals surface area contributed by atoms with E-state index in [1.54, 1.807) is 13.8 Å². The van der Waals surface area contributed by atoms with Gasteiger partial charge in [-0.15, -0.1) is 0 Å². The largest absolute Gasteiger partial charge is 0.480 e. The molecule has 1 atom stereocenters. The quantitative estimate of drug-likeness (QED) is 0.717. The van der Waals surface area contributed by atoms with E-state index in [0.717, 1.165) is 0 Å². The molecule has 0 saturated carbocycles. The number of aryl methyl sites for hydroxylation is 2. The molecule has 19 heavy (non-hydrogen) atoms. The number of hydrogen-bond acceptors (Lipinski definition) is 4. The Bertz CT molecular complexity index is 543. The normalized spacial score (nSPS) is 13.7. The van der Waals surface area contributed by atoms with Crippen LogP contribution >= 0.6 is 0 Å². The fourth-order valence-corrected chi connectivity index (χ4v) is 3.43. The van der Waals surface area contributed by atoms with Gasteiger partial charge in [0.2, 0.25) is 10.0 Å². The molecular formula is C11H19N3O4S. The van der Waals surface area contributed by atoms with Crippen molar-refractivity contribution in [3.63, 3.8) is 0 Å². The Morgan fingerprint density at radius 2 is 2.00 bits per heavy atom. The van der Waals surface area contributed by atoms with Crippen LogP contribution in [-0.2, 0) is 14.8 Å². The van der Waals surface area contributed by atoms with Gasteiger partial charge in [0, 0.05) is 0 Å². The van der Waals surface area contributed by atoms with Crippen LogP contribution in [0.25, 0.3) is 0 Å². The third-order valence-corrected chi connectivity index (χ3v) is 4.37. The van der Waals surface area contributed by atoms with Crippen molar-refractivity contribution >= 4 is 16.0 Å². The minimum Gasteiger partial charge on any atom is -0.480 e. The van der Waals surface area contributed by atoms with Gasteiger partial charge in [-0.25, -0.2) is 8.42 Å². The summed E-state index contributed by atoms with van der Waals surface area (Å²) >= 11 is 0. The third kappa shape index (κ3) is 3.77. The van der Waals surface area contributed by atoms with Gasteiger partial charge >= 0.3 is 5.97 Å². The molecule has 0 saturated heterocycles. The van der Waals surface area contributed by atoms with Crippen LogP contribution in [0.4, 0.5) is 0 Å². The van der Waals surface area contributed by atoms with Crippen LogP contribution in [0.2, 0.25) is 0 Å². The number of sulfonamides is 1. The fraction of sp³-hybridized carbons (Fsp3) is 0.636. The molecule has 1 unspecified atom stereocenters. The van der Waals surface area contributed by atoms with E-state index in [1.807, 2.05) is 13.8 Å². The van der Waals surface area contributed by atoms with Crippen LogP contribution in [0.3, 0.4) is 0 Å². The van der Waals surface area contributed by atoms with E-state index in [4.69, 9.17) is 5.11 Å². The topological polar surface area (TPSA) is 112 Å². The lowest BCUT2D eigenvalue weighted by molar-refractivity contribution is -0.139. The first-order valence-electron chi connectivity index (χ1n) is 5.92. The zero-order valence-electron chi connectivity index (χ0n) is 11.4. The molecule has 1 aromatic rings. The second kappa shape index (κ2) is 5.70. The highest BCUT2D eigenvalue weighted by atomic mass is 32.2. The molecule has 8 heteroatoms. The molecule has 1 aromatic heterocycles. The average Bonchev–Trinajstić information content (AvgIpc) is 2.56. The number of aromatic nitrogens is 2. The summed E-state index contributed by atoms with van der Waals surface area (Å²) in [7, 11) is -3.89. The minimum atomic E-state index is -3.89. The number of carboxylic acids is 1. The Balaban J connectivity index is 3.05. The first-order valence-corrected chi connectivity index (χ1v) is 7.40. The molecule has 3 N–H and O–H groups in total. The van der Waals surface area contributed by atoms with Crippen LogP contribution in [0.5, 0.6) is 0 Å². The van der Waals surface area contributed by atoms with Crippen LogP contribution in [0.15, 0.2) is 4.90 Å². The highest BCUT2D eigenvalue weighted by Crippen LogP contribution is 2.18. The van der Waals surface area contributed by atoms with E-state index in [-0.39, 0.29) is 17.2 Å². The predicted molar refractivity (Wildman–Crippen MR) is 69.3 cm³/mol. The van der Waals surface area contributed by atoms with Crippen molar-refractivity contribution < 1.29 is 18.3 Å². The lowest BCUT2D eigenvalue weighted by Crippen LogP contribution is -2.41.